The first kappa shape index (κ1) is 34.9. The van der Waals surface area contributed by atoms with Crippen molar-refractivity contribution in [2.45, 2.75) is 44.6 Å². The summed E-state index contributed by atoms with van der Waals surface area (Å²) in [5.41, 5.74) is 7.56. The molecular formula is C30H43FN7O5PS. The highest BCUT2D eigenvalue weighted by atomic mass is 32.2. The van der Waals surface area contributed by atoms with Gasteiger partial charge in [0, 0.05) is 43.2 Å². The number of piperidine rings is 1. The second-order valence-electron chi connectivity index (χ2n) is 10.7. The van der Waals surface area contributed by atoms with Crippen LogP contribution in [0, 0.1) is 12.7 Å². The molecular weight excluding hydrogens is 620 g/mol. The summed E-state index contributed by atoms with van der Waals surface area (Å²) < 4.78 is 66.6. The summed E-state index contributed by atoms with van der Waals surface area (Å²) in [7, 11) is -6.96. The Morgan fingerprint density at radius 3 is 2.33 bits per heavy atom. The van der Waals surface area contributed by atoms with Crippen molar-refractivity contribution in [2.75, 3.05) is 62.7 Å². The number of aromatic nitrogens is 2. The van der Waals surface area contributed by atoms with E-state index in [1.54, 1.807) is 69.4 Å². The molecule has 0 amide bonds. The molecule has 4 rings (SSSR count). The first-order valence-corrected chi connectivity index (χ1v) is 18.3. The molecule has 246 valence electrons. The van der Waals surface area contributed by atoms with E-state index in [0.29, 0.717) is 80.6 Å². The van der Waals surface area contributed by atoms with Crippen LogP contribution in [0.2, 0.25) is 0 Å². The SMILES string of the molecule is CCOP(=O)(CCN1CCC(N(CCN)S(=O)(=O)c2ccc(Nc3nccc(Nc4ccc(C)c(F)c4)n3)cc2)CC1)OCC. The minimum Gasteiger partial charge on any atom is -0.340 e. The van der Waals surface area contributed by atoms with Gasteiger partial charge in [-0.3, -0.25) is 4.57 Å². The number of sulfonamides is 1. The number of hydrogen-bond acceptors (Lipinski definition) is 11. The first-order valence-electron chi connectivity index (χ1n) is 15.1. The third-order valence-electron chi connectivity index (χ3n) is 7.47. The van der Waals surface area contributed by atoms with Gasteiger partial charge in [-0.25, -0.2) is 17.8 Å². The van der Waals surface area contributed by atoms with Crippen LogP contribution in [0.4, 0.5) is 27.5 Å². The molecule has 0 bridgehead atoms. The lowest BCUT2D eigenvalue weighted by molar-refractivity contribution is 0.161. The first-order chi connectivity index (χ1) is 21.6. The largest absolute Gasteiger partial charge is 0.340 e. The lowest BCUT2D eigenvalue weighted by atomic mass is 10.1. The van der Waals surface area contributed by atoms with Crippen molar-refractivity contribution in [3.63, 3.8) is 0 Å². The van der Waals surface area contributed by atoms with Crippen LogP contribution in [0.5, 0.6) is 0 Å². The molecule has 0 radical (unpaired) electrons. The lowest BCUT2D eigenvalue weighted by Crippen LogP contribution is -2.49. The van der Waals surface area contributed by atoms with Crippen LogP contribution in [0.25, 0.3) is 0 Å². The van der Waals surface area contributed by atoms with Gasteiger partial charge in [0.1, 0.15) is 11.6 Å². The molecule has 0 spiro atoms. The Morgan fingerprint density at radius 1 is 1.04 bits per heavy atom. The zero-order valence-electron chi connectivity index (χ0n) is 26.0. The number of nitrogens with two attached hydrogens (primary N) is 1. The molecule has 1 fully saturated rings. The number of hydrogen-bond donors (Lipinski definition) is 3. The molecule has 1 saturated heterocycles. The zero-order valence-corrected chi connectivity index (χ0v) is 27.7. The van der Waals surface area contributed by atoms with Crippen molar-refractivity contribution in [1.29, 1.82) is 0 Å². The zero-order chi connectivity index (χ0) is 32.5. The highest BCUT2D eigenvalue weighted by molar-refractivity contribution is 7.89. The third kappa shape index (κ3) is 9.52. The fourth-order valence-electron chi connectivity index (χ4n) is 5.16. The number of likely N-dealkylation sites (tertiary alicyclic amines) is 1. The Kier molecular flexibility index (Phi) is 12.4. The molecule has 2 aromatic carbocycles. The standard InChI is InChI=1S/C30H43FN7O5PS/c1-4-42-44(39,43-5-2)21-20-37-17-13-26(14-18-37)38(19-15-32)45(40,41)27-10-8-24(9-11-27)35-30-33-16-12-29(36-30)34-25-7-6-23(3)28(31)22-25/h6-12,16,22,26H,4-5,13-15,17-21,32H2,1-3H3,(H2,33,34,35,36). The number of halogens is 1. The van der Waals surface area contributed by atoms with Crippen LogP contribution in [-0.2, 0) is 23.6 Å². The van der Waals surface area contributed by atoms with Crippen molar-refractivity contribution in [3.05, 3.63) is 66.1 Å². The van der Waals surface area contributed by atoms with Gasteiger partial charge < -0.3 is 30.3 Å². The lowest BCUT2D eigenvalue weighted by Gasteiger charge is -2.38. The molecule has 3 aromatic rings. The molecule has 0 unspecified atom stereocenters. The summed E-state index contributed by atoms with van der Waals surface area (Å²) in [6.45, 7) is 8.18. The fourth-order valence-corrected chi connectivity index (χ4v) is 8.51. The maximum atomic E-state index is 13.9. The van der Waals surface area contributed by atoms with E-state index in [9.17, 15) is 17.4 Å². The molecule has 45 heavy (non-hydrogen) atoms. The van der Waals surface area contributed by atoms with Crippen LogP contribution in [0.1, 0.15) is 32.3 Å². The summed E-state index contributed by atoms with van der Waals surface area (Å²) in [5.74, 6) is 0.441. The third-order valence-corrected chi connectivity index (χ3v) is 11.5. The van der Waals surface area contributed by atoms with Gasteiger partial charge in [0.05, 0.1) is 24.3 Å². The average Bonchev–Trinajstić information content (AvgIpc) is 3.02. The van der Waals surface area contributed by atoms with Crippen LogP contribution < -0.4 is 16.4 Å². The number of nitrogens with one attached hydrogen (secondary N) is 2. The van der Waals surface area contributed by atoms with Gasteiger partial charge >= 0.3 is 7.60 Å². The molecule has 1 aromatic heterocycles. The Morgan fingerprint density at radius 2 is 1.71 bits per heavy atom. The van der Waals surface area contributed by atoms with E-state index >= 15 is 0 Å². The highest BCUT2D eigenvalue weighted by Gasteiger charge is 2.34. The van der Waals surface area contributed by atoms with E-state index in [-0.39, 0.29) is 29.8 Å². The van der Waals surface area contributed by atoms with Gasteiger partial charge in [-0.15, -0.1) is 0 Å². The topological polar surface area (TPSA) is 152 Å². The second kappa shape index (κ2) is 16.0. The number of benzene rings is 2. The maximum Gasteiger partial charge on any atom is 0.331 e. The Labute approximate surface area is 265 Å². The van der Waals surface area contributed by atoms with Gasteiger partial charge in [0.15, 0.2) is 0 Å². The van der Waals surface area contributed by atoms with Crippen LogP contribution in [0.15, 0.2) is 59.6 Å². The van der Waals surface area contributed by atoms with Gasteiger partial charge in [-0.1, -0.05) is 6.07 Å². The molecule has 1 aliphatic rings. The Balaban J connectivity index is 1.37. The molecule has 0 atom stereocenters. The normalized spacial score (nSPS) is 15.0. The summed E-state index contributed by atoms with van der Waals surface area (Å²) in [6.07, 6.45) is 3.11. The Hall–Kier alpha value is -2.97. The smallest absolute Gasteiger partial charge is 0.331 e. The van der Waals surface area contributed by atoms with Crippen LogP contribution >= 0.6 is 7.60 Å². The fraction of sp³-hybridized carbons (Fsp3) is 0.467. The predicted molar refractivity (Wildman–Crippen MR) is 174 cm³/mol. The Bertz CT molecular complexity index is 1550. The summed E-state index contributed by atoms with van der Waals surface area (Å²) >= 11 is 0. The number of rotatable bonds is 16. The van der Waals surface area contributed by atoms with E-state index in [0.717, 1.165) is 0 Å². The van der Waals surface area contributed by atoms with E-state index in [1.807, 2.05) is 0 Å². The molecule has 1 aliphatic heterocycles. The van der Waals surface area contributed by atoms with Crippen molar-refractivity contribution in [3.8, 4) is 0 Å². The summed E-state index contributed by atoms with van der Waals surface area (Å²) in [5, 5.41) is 6.14. The quantitative estimate of drug-likeness (QED) is 0.176. The van der Waals surface area contributed by atoms with Crippen molar-refractivity contribution >= 4 is 40.8 Å². The van der Waals surface area contributed by atoms with Gasteiger partial charge in [0.25, 0.3) is 0 Å². The van der Waals surface area contributed by atoms with Gasteiger partial charge in [0.2, 0.25) is 16.0 Å². The van der Waals surface area contributed by atoms with Crippen molar-refractivity contribution < 1.29 is 26.4 Å². The monoisotopic (exact) mass is 663 g/mol. The van der Waals surface area contributed by atoms with Crippen LogP contribution in [0.3, 0.4) is 0 Å². The average molecular weight is 664 g/mol. The van der Waals surface area contributed by atoms with Crippen molar-refractivity contribution in [2.24, 2.45) is 5.73 Å². The molecule has 12 nitrogen and oxygen atoms in total. The second-order valence-corrected chi connectivity index (χ2v) is 14.7. The molecule has 0 aliphatic carbocycles. The minimum atomic E-state index is -3.82. The molecule has 0 saturated carbocycles. The highest BCUT2D eigenvalue weighted by Crippen LogP contribution is 2.47. The van der Waals surface area contributed by atoms with Gasteiger partial charge in [-0.05, 0) is 94.7 Å². The van der Waals surface area contributed by atoms with Gasteiger partial charge in [-0.2, -0.15) is 9.29 Å². The van der Waals surface area contributed by atoms with E-state index in [2.05, 4.69) is 25.5 Å². The number of aryl methyl sites for hydroxylation is 1. The maximum absolute atomic E-state index is 13.9. The van der Waals surface area contributed by atoms with Crippen molar-refractivity contribution in [1.82, 2.24) is 19.2 Å². The minimum absolute atomic E-state index is 0.163. The van der Waals surface area contributed by atoms with E-state index in [1.165, 1.54) is 10.4 Å². The predicted octanol–water partition coefficient (Wildman–Crippen LogP) is 5.09. The molecule has 2 heterocycles. The summed E-state index contributed by atoms with van der Waals surface area (Å²) in [6, 6.07) is 12.7. The van der Waals surface area contributed by atoms with E-state index < -0.39 is 17.6 Å². The van der Waals surface area contributed by atoms with Crippen LogP contribution in [-0.4, -0.2) is 85.7 Å². The van der Waals surface area contributed by atoms with E-state index in [4.69, 9.17) is 14.8 Å². The number of nitrogens with zero attached hydrogens (tertiary/aromatic N) is 4. The molecule has 15 heteroatoms. The summed E-state index contributed by atoms with van der Waals surface area (Å²) in [4.78, 5) is 11.0. The molecule has 4 N–H and O–H groups in total. The number of anilines is 4.